The molecule has 5 nitrogen and oxygen atoms in total. The Bertz CT molecular complexity index is 1020. The minimum Gasteiger partial charge on any atom is -0.515 e. The Morgan fingerprint density at radius 3 is 2.22 bits per heavy atom. The van der Waals surface area contributed by atoms with E-state index in [0.717, 1.165) is 64.0 Å². The van der Waals surface area contributed by atoms with Gasteiger partial charge in [-0.2, -0.15) is 0 Å². The number of hydrogen-bond acceptors (Lipinski definition) is 5. The Kier molecular flexibility index (Phi) is 4.92. The Morgan fingerprint density at radius 1 is 0.944 bits per heavy atom. The van der Waals surface area contributed by atoms with E-state index < -0.39 is 22.7 Å². The number of carbonyl (C=O) groups excluding carboxylic acids is 1. The third-order valence-corrected chi connectivity index (χ3v) is 13.6. The molecule has 0 aromatic heterocycles. The van der Waals surface area contributed by atoms with Crippen LogP contribution in [0.4, 0.5) is 0 Å². The zero-order valence-electron chi connectivity index (χ0n) is 23.5. The van der Waals surface area contributed by atoms with Crippen LogP contribution in [0.15, 0.2) is 11.8 Å². The summed E-state index contributed by atoms with van der Waals surface area (Å²) in [5.74, 6) is 1.07. The molecule has 5 saturated carbocycles. The lowest BCUT2D eigenvalue weighted by molar-refractivity contribution is -0.191. The molecule has 6 aliphatic rings. The second kappa shape index (κ2) is 6.99. The summed E-state index contributed by atoms with van der Waals surface area (Å²) in [7, 11) is 0. The summed E-state index contributed by atoms with van der Waals surface area (Å²) >= 11 is 0. The van der Waals surface area contributed by atoms with Crippen LogP contribution in [0.25, 0.3) is 0 Å². The van der Waals surface area contributed by atoms with E-state index in [0.29, 0.717) is 17.4 Å². The van der Waals surface area contributed by atoms with Crippen molar-refractivity contribution in [1.29, 1.82) is 0 Å². The molecule has 0 bridgehead atoms. The van der Waals surface area contributed by atoms with Gasteiger partial charge in [0.25, 0.3) is 0 Å². The minimum absolute atomic E-state index is 0.00230. The predicted octanol–water partition coefficient (Wildman–Crippen LogP) is 5.73. The summed E-state index contributed by atoms with van der Waals surface area (Å²) < 4.78 is 6.67. The molecule has 1 aliphatic heterocycles. The molecule has 1 saturated heterocycles. The maximum absolute atomic E-state index is 13.2. The van der Waals surface area contributed by atoms with Gasteiger partial charge in [0.2, 0.25) is 0 Å². The van der Waals surface area contributed by atoms with Gasteiger partial charge in [0.15, 0.2) is 5.78 Å². The summed E-state index contributed by atoms with van der Waals surface area (Å²) in [6, 6.07) is 0. The lowest BCUT2D eigenvalue weighted by atomic mass is 9.41. The van der Waals surface area contributed by atoms with Gasteiger partial charge < -0.3 is 20.1 Å². The highest BCUT2D eigenvalue weighted by molar-refractivity contribution is 6.00. The lowest BCUT2D eigenvalue weighted by Gasteiger charge is -2.63. The highest BCUT2D eigenvalue weighted by Gasteiger charge is 2.84. The fraction of sp³-hybridized carbons (Fsp3) is 0.903. The van der Waals surface area contributed by atoms with Crippen LogP contribution >= 0.6 is 0 Å². The van der Waals surface area contributed by atoms with Crippen LogP contribution in [0.5, 0.6) is 0 Å². The third kappa shape index (κ3) is 2.71. The number of hydrogen-bond donors (Lipinski definition) is 3. The van der Waals surface area contributed by atoms with Crippen molar-refractivity contribution in [3.05, 3.63) is 11.8 Å². The van der Waals surface area contributed by atoms with E-state index in [1.165, 1.54) is 0 Å². The molecule has 0 amide bonds. The first kappa shape index (κ1) is 25.4. The van der Waals surface area contributed by atoms with Crippen molar-refractivity contribution in [2.24, 2.45) is 44.8 Å². The van der Waals surface area contributed by atoms with Crippen molar-refractivity contribution in [3.63, 3.8) is 0 Å². The van der Waals surface area contributed by atoms with Gasteiger partial charge in [-0.15, -0.1) is 0 Å². The molecule has 6 rings (SSSR count). The monoisotopic (exact) mass is 500 g/mol. The van der Waals surface area contributed by atoms with Crippen LogP contribution in [0.3, 0.4) is 0 Å². The molecule has 3 N–H and O–H groups in total. The molecule has 6 fully saturated rings. The molecule has 0 radical (unpaired) electrons. The highest BCUT2D eigenvalue weighted by atomic mass is 16.5. The zero-order chi connectivity index (χ0) is 26.3. The molecule has 2 spiro atoms. The average molecular weight is 501 g/mol. The number of Topliss-reactive ketones (excluding diaryl/α,β-unsaturated/α-hetero) is 1. The molecule has 202 valence electrons. The summed E-state index contributed by atoms with van der Waals surface area (Å²) in [4.78, 5) is 13.2. The first-order chi connectivity index (χ1) is 16.5. The first-order valence-electron chi connectivity index (χ1n) is 14.5. The molecular formula is C31H48O5. The summed E-state index contributed by atoms with van der Waals surface area (Å²) in [6.07, 6.45) is 9.26. The van der Waals surface area contributed by atoms with Gasteiger partial charge in [-0.25, -0.2) is 0 Å². The van der Waals surface area contributed by atoms with Gasteiger partial charge >= 0.3 is 0 Å². The molecule has 4 unspecified atom stereocenters. The Morgan fingerprint density at radius 2 is 1.61 bits per heavy atom. The fourth-order valence-corrected chi connectivity index (χ4v) is 12.0. The van der Waals surface area contributed by atoms with Crippen molar-refractivity contribution < 1.29 is 24.9 Å². The summed E-state index contributed by atoms with van der Waals surface area (Å²) in [6.45, 7) is 15.0. The Balaban J connectivity index is 1.36. The lowest BCUT2D eigenvalue weighted by Crippen LogP contribution is -2.59. The predicted molar refractivity (Wildman–Crippen MR) is 138 cm³/mol. The molecule has 10 atom stereocenters. The molecule has 5 aliphatic carbocycles. The van der Waals surface area contributed by atoms with Gasteiger partial charge in [0.05, 0.1) is 29.7 Å². The van der Waals surface area contributed by atoms with Crippen molar-refractivity contribution in [2.45, 2.75) is 130 Å². The van der Waals surface area contributed by atoms with Gasteiger partial charge in [-0.3, -0.25) is 4.79 Å². The smallest absolute Gasteiger partial charge is 0.167 e. The maximum atomic E-state index is 13.2. The topological polar surface area (TPSA) is 87.0 Å². The number of allylic oxidation sites excluding steroid dienone is 1. The van der Waals surface area contributed by atoms with E-state index in [1.54, 1.807) is 0 Å². The zero-order valence-corrected chi connectivity index (χ0v) is 23.5. The second-order valence-electron chi connectivity index (χ2n) is 15.7. The number of ketones is 1. The van der Waals surface area contributed by atoms with Crippen LogP contribution in [-0.4, -0.2) is 44.5 Å². The molecule has 0 aromatic carbocycles. The van der Waals surface area contributed by atoms with Gasteiger partial charge in [-0.05, 0) is 112 Å². The van der Waals surface area contributed by atoms with E-state index in [1.807, 2.05) is 13.8 Å². The number of aliphatic hydroxyl groups is 3. The normalized spacial score (nSPS) is 56.6. The first-order valence-corrected chi connectivity index (χ1v) is 14.5. The van der Waals surface area contributed by atoms with Crippen LogP contribution in [0.1, 0.15) is 106 Å². The van der Waals surface area contributed by atoms with Crippen molar-refractivity contribution >= 4 is 5.78 Å². The molecular weight excluding hydrogens is 452 g/mol. The molecule has 5 heteroatoms. The van der Waals surface area contributed by atoms with Crippen molar-refractivity contribution in [1.82, 2.24) is 0 Å². The summed E-state index contributed by atoms with van der Waals surface area (Å²) in [5, 5.41) is 32.4. The van der Waals surface area contributed by atoms with Gasteiger partial charge in [-0.1, -0.05) is 27.7 Å². The number of fused-ring (bicyclic) bond motifs is 2. The van der Waals surface area contributed by atoms with Gasteiger partial charge in [0, 0.05) is 16.9 Å². The van der Waals surface area contributed by atoms with E-state index >= 15 is 0 Å². The standard InChI is InChI=1S/C31H48O5/c1-25(2)20-8-9-21-28(6)15-19(33)23(29(7)11-10-22(36-29)26(3,4)35)27(28,5)12-13-30(21)17-31(20,30)14-18(16-32)24(25)34/h16,19-23,32-33,35H,8-15,17H2,1-7H3/t19?,20?,21?,22-,23?,27-,28+,29+,30+,31-/m1/s1. The van der Waals surface area contributed by atoms with Crippen LogP contribution in [-0.2, 0) is 9.53 Å². The molecule has 1 heterocycles. The number of rotatable bonds is 2. The van der Waals surface area contributed by atoms with Crippen molar-refractivity contribution in [3.8, 4) is 0 Å². The van der Waals surface area contributed by atoms with E-state index in [-0.39, 0.29) is 39.5 Å². The summed E-state index contributed by atoms with van der Waals surface area (Å²) in [5.41, 5.74) is -0.864. The van der Waals surface area contributed by atoms with Crippen molar-refractivity contribution in [2.75, 3.05) is 0 Å². The molecule has 0 aromatic rings. The van der Waals surface area contributed by atoms with Crippen LogP contribution < -0.4 is 0 Å². The number of ether oxygens (including phenoxy) is 1. The number of aliphatic hydroxyl groups excluding tert-OH is 2. The maximum Gasteiger partial charge on any atom is 0.167 e. The SMILES string of the molecule is CC1(C)C(=O)C(=CO)C[C@]23C[C@]24CC[C@]2(C)C([C@]5(C)CC[C@H](C(C)(C)O)O5)C(O)C[C@@]2(C)C4CCC13. The van der Waals surface area contributed by atoms with E-state index in [2.05, 4.69) is 34.6 Å². The molecule has 36 heavy (non-hydrogen) atoms. The highest BCUT2D eigenvalue weighted by Crippen LogP contribution is 2.89. The second-order valence-corrected chi connectivity index (χ2v) is 15.7. The van der Waals surface area contributed by atoms with Crippen LogP contribution in [0, 0.1) is 44.8 Å². The number of carbonyl (C=O) groups is 1. The Hall–Kier alpha value is -0.910. The third-order valence-electron chi connectivity index (χ3n) is 13.6. The van der Waals surface area contributed by atoms with E-state index in [4.69, 9.17) is 4.74 Å². The van der Waals surface area contributed by atoms with Crippen LogP contribution in [0.2, 0.25) is 0 Å². The fourth-order valence-electron chi connectivity index (χ4n) is 12.0. The minimum atomic E-state index is -0.885. The Labute approximate surface area is 217 Å². The average Bonchev–Trinajstić information content (AvgIpc) is 3.15. The largest absolute Gasteiger partial charge is 0.515 e. The van der Waals surface area contributed by atoms with E-state index in [9.17, 15) is 20.1 Å². The quantitative estimate of drug-likeness (QED) is 0.333. The van der Waals surface area contributed by atoms with Gasteiger partial charge in [0.1, 0.15) is 0 Å².